The molecule has 27 heavy (non-hydrogen) atoms. The fourth-order valence-electron chi connectivity index (χ4n) is 2.07. The van der Waals surface area contributed by atoms with Crippen molar-refractivity contribution in [2.45, 2.75) is 13.3 Å². The molecule has 0 aliphatic rings. The van der Waals surface area contributed by atoms with Gasteiger partial charge in [0.25, 0.3) is 11.8 Å². The number of carbonyl (C=O) groups excluding carboxylic acids is 3. The number of hydrogen-bond donors (Lipinski definition) is 3. The van der Waals surface area contributed by atoms with E-state index < -0.39 is 11.8 Å². The predicted octanol–water partition coefficient (Wildman–Crippen LogP) is 2.52. The van der Waals surface area contributed by atoms with Gasteiger partial charge in [-0.05, 0) is 48.0 Å². The summed E-state index contributed by atoms with van der Waals surface area (Å²) in [5.41, 5.74) is 6.41. The summed E-state index contributed by atoms with van der Waals surface area (Å²) in [7, 11) is 1.58. The normalized spacial score (nSPS) is 10.3. The van der Waals surface area contributed by atoms with Crippen LogP contribution in [-0.2, 0) is 9.59 Å². The van der Waals surface area contributed by atoms with Gasteiger partial charge in [-0.25, -0.2) is 0 Å². The number of anilines is 1. The van der Waals surface area contributed by atoms with Crippen molar-refractivity contribution in [3.05, 3.63) is 65.7 Å². The second-order valence-corrected chi connectivity index (χ2v) is 5.53. The maximum atomic E-state index is 12.0. The molecule has 0 bridgehead atoms. The first kappa shape index (κ1) is 19.7. The molecule has 0 aliphatic heterocycles. The van der Waals surface area contributed by atoms with E-state index in [1.165, 1.54) is 6.08 Å². The van der Waals surface area contributed by atoms with E-state index in [1.54, 1.807) is 68.6 Å². The third-order valence-electron chi connectivity index (χ3n) is 3.59. The van der Waals surface area contributed by atoms with E-state index in [0.29, 0.717) is 17.7 Å². The number of methoxy groups -OCH3 is 1. The zero-order valence-corrected chi connectivity index (χ0v) is 15.1. The Morgan fingerprint density at radius 2 is 1.63 bits per heavy atom. The summed E-state index contributed by atoms with van der Waals surface area (Å²) in [6.07, 6.45) is 3.30. The number of nitrogens with one attached hydrogen (secondary N) is 3. The molecule has 7 heteroatoms. The molecule has 0 spiro atoms. The minimum absolute atomic E-state index is 0.108. The molecule has 0 radical (unpaired) electrons. The van der Waals surface area contributed by atoms with Crippen molar-refractivity contribution in [3.63, 3.8) is 0 Å². The lowest BCUT2D eigenvalue weighted by Crippen LogP contribution is -2.40. The highest BCUT2D eigenvalue weighted by atomic mass is 16.5. The number of benzene rings is 2. The summed E-state index contributed by atoms with van der Waals surface area (Å²) < 4.78 is 5.06. The number of carbonyl (C=O) groups is 3. The molecule has 3 amide bonds. The number of ether oxygens (including phenoxy) is 1. The van der Waals surface area contributed by atoms with Crippen LogP contribution in [0, 0.1) is 0 Å². The highest BCUT2D eigenvalue weighted by Crippen LogP contribution is 2.12. The van der Waals surface area contributed by atoms with Crippen LogP contribution in [0.5, 0.6) is 5.75 Å². The van der Waals surface area contributed by atoms with E-state index in [4.69, 9.17) is 4.74 Å². The molecule has 0 aliphatic carbocycles. The van der Waals surface area contributed by atoms with Gasteiger partial charge in [0.05, 0.1) is 7.11 Å². The van der Waals surface area contributed by atoms with Gasteiger partial charge in [-0.2, -0.15) is 0 Å². The SMILES string of the molecule is CCC(=O)Nc1ccc(C(=O)NNC(=O)/C=C/c2ccc(OC)cc2)cc1. The van der Waals surface area contributed by atoms with Crippen molar-refractivity contribution in [1.82, 2.24) is 10.9 Å². The van der Waals surface area contributed by atoms with E-state index in [9.17, 15) is 14.4 Å². The van der Waals surface area contributed by atoms with Crippen LogP contribution in [0.3, 0.4) is 0 Å². The van der Waals surface area contributed by atoms with Crippen molar-refractivity contribution in [3.8, 4) is 5.75 Å². The Morgan fingerprint density at radius 3 is 2.22 bits per heavy atom. The standard InChI is InChI=1S/C20H21N3O4/c1-3-18(24)21-16-9-7-15(8-10-16)20(26)23-22-19(25)13-6-14-4-11-17(27-2)12-5-14/h4-13H,3H2,1-2H3,(H,21,24)(H,22,25)(H,23,26)/b13-6+. The summed E-state index contributed by atoms with van der Waals surface area (Å²) in [6.45, 7) is 1.75. The van der Waals surface area contributed by atoms with Gasteiger partial charge in [0, 0.05) is 23.7 Å². The molecule has 140 valence electrons. The van der Waals surface area contributed by atoms with Crippen LogP contribution in [-0.4, -0.2) is 24.8 Å². The van der Waals surface area contributed by atoms with Gasteiger partial charge in [-0.1, -0.05) is 19.1 Å². The third-order valence-corrected chi connectivity index (χ3v) is 3.59. The molecule has 0 saturated heterocycles. The Labute approximate surface area is 157 Å². The molecule has 7 nitrogen and oxygen atoms in total. The van der Waals surface area contributed by atoms with Crippen LogP contribution in [0.25, 0.3) is 6.08 Å². The lowest BCUT2D eigenvalue weighted by molar-refractivity contribution is -0.117. The molecule has 0 saturated carbocycles. The first-order chi connectivity index (χ1) is 13.0. The molecule has 3 N–H and O–H groups in total. The van der Waals surface area contributed by atoms with E-state index in [1.807, 2.05) is 0 Å². The zero-order chi connectivity index (χ0) is 19.6. The van der Waals surface area contributed by atoms with Gasteiger partial charge in [-0.3, -0.25) is 25.2 Å². The molecule has 2 rings (SSSR count). The quantitative estimate of drug-likeness (QED) is 0.540. The monoisotopic (exact) mass is 367 g/mol. The summed E-state index contributed by atoms with van der Waals surface area (Å²) in [5, 5.41) is 2.69. The third kappa shape index (κ3) is 6.32. The van der Waals surface area contributed by atoms with Gasteiger partial charge in [-0.15, -0.1) is 0 Å². The Kier molecular flexibility index (Phi) is 7.13. The topological polar surface area (TPSA) is 96.5 Å². The number of amides is 3. The van der Waals surface area contributed by atoms with E-state index >= 15 is 0 Å². The van der Waals surface area contributed by atoms with Crippen LogP contribution in [0.2, 0.25) is 0 Å². The van der Waals surface area contributed by atoms with Gasteiger partial charge < -0.3 is 10.1 Å². The largest absolute Gasteiger partial charge is 0.497 e. The average molecular weight is 367 g/mol. The molecule has 0 heterocycles. The smallest absolute Gasteiger partial charge is 0.269 e. The lowest BCUT2D eigenvalue weighted by atomic mass is 10.2. The van der Waals surface area contributed by atoms with Crippen LogP contribution >= 0.6 is 0 Å². The second-order valence-electron chi connectivity index (χ2n) is 5.53. The van der Waals surface area contributed by atoms with Crippen molar-refractivity contribution < 1.29 is 19.1 Å². The van der Waals surface area contributed by atoms with Gasteiger partial charge in [0.15, 0.2) is 0 Å². The Morgan fingerprint density at radius 1 is 0.963 bits per heavy atom. The summed E-state index contributed by atoms with van der Waals surface area (Å²) in [4.78, 5) is 35.2. The first-order valence-corrected chi connectivity index (χ1v) is 8.34. The lowest BCUT2D eigenvalue weighted by Gasteiger charge is -2.07. The van der Waals surface area contributed by atoms with E-state index in [2.05, 4.69) is 16.2 Å². The Hall–Kier alpha value is -3.61. The minimum atomic E-state index is -0.467. The molecule has 0 fully saturated rings. The highest BCUT2D eigenvalue weighted by molar-refractivity contribution is 5.98. The van der Waals surface area contributed by atoms with E-state index in [-0.39, 0.29) is 5.91 Å². The van der Waals surface area contributed by atoms with Gasteiger partial charge in [0.1, 0.15) is 5.75 Å². The van der Waals surface area contributed by atoms with Gasteiger partial charge >= 0.3 is 0 Å². The molecule has 0 atom stereocenters. The van der Waals surface area contributed by atoms with Crippen molar-refractivity contribution >= 4 is 29.5 Å². The van der Waals surface area contributed by atoms with Crippen LogP contribution in [0.1, 0.15) is 29.3 Å². The van der Waals surface area contributed by atoms with E-state index in [0.717, 1.165) is 11.3 Å². The molecule has 0 unspecified atom stereocenters. The molecule has 2 aromatic carbocycles. The fourth-order valence-corrected chi connectivity index (χ4v) is 2.07. The van der Waals surface area contributed by atoms with Crippen molar-refractivity contribution in [2.24, 2.45) is 0 Å². The average Bonchev–Trinajstić information content (AvgIpc) is 2.71. The number of hydrogen-bond acceptors (Lipinski definition) is 4. The fraction of sp³-hybridized carbons (Fsp3) is 0.150. The molecule has 2 aromatic rings. The zero-order valence-electron chi connectivity index (χ0n) is 15.1. The predicted molar refractivity (Wildman–Crippen MR) is 103 cm³/mol. The van der Waals surface area contributed by atoms with Crippen LogP contribution in [0.15, 0.2) is 54.6 Å². The van der Waals surface area contributed by atoms with Crippen LogP contribution in [0.4, 0.5) is 5.69 Å². The Balaban J connectivity index is 1.84. The molecule has 0 aromatic heterocycles. The first-order valence-electron chi connectivity index (χ1n) is 8.34. The summed E-state index contributed by atoms with van der Waals surface area (Å²) >= 11 is 0. The molecular weight excluding hydrogens is 346 g/mol. The maximum absolute atomic E-state index is 12.0. The minimum Gasteiger partial charge on any atom is -0.497 e. The van der Waals surface area contributed by atoms with Gasteiger partial charge in [0.2, 0.25) is 5.91 Å². The maximum Gasteiger partial charge on any atom is 0.269 e. The Bertz CT molecular complexity index is 827. The summed E-state index contributed by atoms with van der Waals surface area (Å²) in [5.74, 6) is -0.312. The molecular formula is C20H21N3O4. The second kappa shape index (κ2) is 9.76. The number of rotatable bonds is 6. The highest BCUT2D eigenvalue weighted by Gasteiger charge is 2.07. The summed E-state index contributed by atoms with van der Waals surface area (Å²) in [6, 6.07) is 13.5. The van der Waals surface area contributed by atoms with Crippen LogP contribution < -0.4 is 20.9 Å². The number of hydrazine groups is 1. The van der Waals surface area contributed by atoms with Crippen molar-refractivity contribution in [2.75, 3.05) is 12.4 Å². The van der Waals surface area contributed by atoms with Crippen molar-refractivity contribution in [1.29, 1.82) is 0 Å².